The van der Waals surface area contributed by atoms with Crippen LogP contribution in [0.2, 0.25) is 0 Å². The van der Waals surface area contributed by atoms with Gasteiger partial charge < -0.3 is 15.4 Å². The molecule has 0 heterocycles. The molecule has 0 aliphatic carbocycles. The molecule has 0 bridgehead atoms. The second-order valence-electron chi connectivity index (χ2n) is 5.75. The first kappa shape index (κ1) is 21.3. The molecule has 2 atom stereocenters. The molecule has 8 nitrogen and oxygen atoms in total. The molecule has 2 amide bonds. The molecule has 0 aromatic carbocycles. The Balaban J connectivity index is 4.15. The van der Waals surface area contributed by atoms with E-state index < -0.39 is 12.1 Å². The van der Waals surface area contributed by atoms with Crippen molar-refractivity contribution in [2.45, 2.75) is 51.9 Å². The molecule has 0 radical (unpaired) electrons. The molecule has 0 aromatic heterocycles. The van der Waals surface area contributed by atoms with Crippen molar-refractivity contribution >= 4 is 18.0 Å². The normalized spacial score (nSPS) is 13.6. The quantitative estimate of drug-likeness (QED) is 0.368. The van der Waals surface area contributed by atoms with Crippen LogP contribution in [0, 0.1) is 0 Å². The van der Waals surface area contributed by atoms with Crippen molar-refractivity contribution in [3.63, 3.8) is 0 Å². The van der Waals surface area contributed by atoms with Crippen LogP contribution in [0.15, 0.2) is 0 Å². The highest BCUT2D eigenvalue weighted by atomic mass is 16.6. The zero-order valence-corrected chi connectivity index (χ0v) is 15.0. The van der Waals surface area contributed by atoms with Crippen molar-refractivity contribution in [2.24, 2.45) is 0 Å². The van der Waals surface area contributed by atoms with E-state index in [1.165, 1.54) is 0 Å². The number of amides is 2. The zero-order chi connectivity index (χ0) is 18.0. The van der Waals surface area contributed by atoms with Gasteiger partial charge in [-0.3, -0.25) is 19.4 Å². The van der Waals surface area contributed by atoms with Crippen LogP contribution in [0.4, 0.5) is 4.79 Å². The third-order valence-electron chi connectivity index (χ3n) is 3.39. The summed E-state index contributed by atoms with van der Waals surface area (Å²) < 4.78 is 4.66. The summed E-state index contributed by atoms with van der Waals surface area (Å²) in [5.41, 5.74) is 0. The fourth-order valence-corrected chi connectivity index (χ4v) is 1.99. The van der Waals surface area contributed by atoms with Crippen LogP contribution in [-0.2, 0) is 14.3 Å². The van der Waals surface area contributed by atoms with Crippen LogP contribution in [0.3, 0.4) is 0 Å². The third-order valence-corrected chi connectivity index (χ3v) is 3.39. The highest BCUT2D eigenvalue weighted by Gasteiger charge is 2.18. The molecule has 134 valence electrons. The van der Waals surface area contributed by atoms with Gasteiger partial charge in [-0.2, -0.15) is 0 Å². The summed E-state index contributed by atoms with van der Waals surface area (Å²) in [6, 6.07) is 0. The molecule has 2 N–H and O–H groups in total. The first-order valence-electron chi connectivity index (χ1n) is 7.84. The van der Waals surface area contributed by atoms with Crippen LogP contribution in [0.25, 0.3) is 0 Å². The Morgan fingerprint density at radius 3 is 1.78 bits per heavy atom. The van der Waals surface area contributed by atoms with E-state index in [0.717, 1.165) is 6.42 Å². The summed E-state index contributed by atoms with van der Waals surface area (Å²) in [6.45, 7) is 3.87. The molecule has 0 saturated heterocycles. The lowest BCUT2D eigenvalue weighted by Gasteiger charge is -2.24. The minimum absolute atomic E-state index is 0.0126. The van der Waals surface area contributed by atoms with Crippen LogP contribution >= 0.6 is 0 Å². The summed E-state index contributed by atoms with van der Waals surface area (Å²) in [6.07, 6.45) is 0.214. The van der Waals surface area contributed by atoms with Gasteiger partial charge in [0.05, 0.1) is 18.8 Å². The van der Waals surface area contributed by atoms with E-state index in [4.69, 9.17) is 0 Å². The summed E-state index contributed by atoms with van der Waals surface area (Å²) in [5, 5.41) is 5.38. The van der Waals surface area contributed by atoms with Gasteiger partial charge >= 0.3 is 12.1 Å². The fraction of sp³-hybridized carbons (Fsp3) is 0.800. The largest absolute Gasteiger partial charge is 0.416 e. The number of hydrogen-bond donors (Lipinski definition) is 2. The lowest BCUT2D eigenvalue weighted by molar-refractivity contribution is -0.139. The van der Waals surface area contributed by atoms with E-state index in [1.807, 2.05) is 51.8 Å². The van der Waals surface area contributed by atoms with Gasteiger partial charge in [0.1, 0.15) is 0 Å². The highest BCUT2D eigenvalue weighted by molar-refractivity contribution is 5.87. The van der Waals surface area contributed by atoms with Gasteiger partial charge in [-0.25, -0.2) is 4.79 Å². The standard InChI is InChI=1S/C15H30N4O4/c1-7-11(18(3)4)16-13(20)9-10-14(21)23-15(22)17-12(8-2)19(5)6/h11-12H,7-10H2,1-6H3,(H,16,20)(H,17,22). The molecule has 8 heteroatoms. The van der Waals surface area contributed by atoms with Gasteiger partial charge in [-0.05, 0) is 41.0 Å². The van der Waals surface area contributed by atoms with Crippen molar-refractivity contribution in [3.8, 4) is 0 Å². The number of rotatable bonds is 9. The first-order valence-corrected chi connectivity index (χ1v) is 7.84. The maximum atomic E-state index is 11.8. The van der Waals surface area contributed by atoms with Crippen molar-refractivity contribution in [1.82, 2.24) is 20.4 Å². The van der Waals surface area contributed by atoms with Gasteiger partial charge in [-0.15, -0.1) is 0 Å². The van der Waals surface area contributed by atoms with E-state index in [9.17, 15) is 14.4 Å². The number of carbonyl (C=O) groups excluding carboxylic acids is 3. The van der Waals surface area contributed by atoms with E-state index in [0.29, 0.717) is 6.42 Å². The Kier molecular flexibility index (Phi) is 10.2. The predicted octanol–water partition coefficient (Wildman–Crippen LogP) is 0.731. The smallest absolute Gasteiger partial charge is 0.376 e. The minimum Gasteiger partial charge on any atom is -0.376 e. The molecule has 0 spiro atoms. The Morgan fingerprint density at radius 1 is 0.870 bits per heavy atom. The molecule has 0 aliphatic rings. The summed E-state index contributed by atoms with van der Waals surface area (Å²) in [5.74, 6) is -0.966. The summed E-state index contributed by atoms with van der Waals surface area (Å²) in [4.78, 5) is 38.7. The van der Waals surface area contributed by atoms with Gasteiger partial charge in [-0.1, -0.05) is 13.8 Å². The Bertz CT molecular complexity index is 399. The fourth-order valence-electron chi connectivity index (χ4n) is 1.99. The minimum atomic E-state index is -0.796. The molecular formula is C15H30N4O4. The first-order chi connectivity index (χ1) is 10.7. The van der Waals surface area contributed by atoms with E-state index in [1.54, 1.807) is 0 Å². The van der Waals surface area contributed by atoms with E-state index in [2.05, 4.69) is 15.4 Å². The molecular weight excluding hydrogens is 300 g/mol. The summed E-state index contributed by atoms with van der Waals surface area (Å²) >= 11 is 0. The predicted molar refractivity (Wildman–Crippen MR) is 87.5 cm³/mol. The van der Waals surface area contributed by atoms with Crippen molar-refractivity contribution < 1.29 is 19.1 Å². The molecule has 0 aliphatic heterocycles. The third kappa shape index (κ3) is 9.14. The average molecular weight is 330 g/mol. The SMILES string of the molecule is CCC(NC(=O)CCC(=O)OC(=O)NC(CC)N(C)C)N(C)C. The number of nitrogens with zero attached hydrogens (tertiary/aromatic N) is 2. The monoisotopic (exact) mass is 330 g/mol. The number of alkyl carbamates (subject to hydrolysis) is 1. The van der Waals surface area contributed by atoms with Crippen LogP contribution in [0.1, 0.15) is 39.5 Å². The van der Waals surface area contributed by atoms with Gasteiger partial charge in [0.25, 0.3) is 0 Å². The number of esters is 1. The topological polar surface area (TPSA) is 91.0 Å². The molecule has 23 heavy (non-hydrogen) atoms. The van der Waals surface area contributed by atoms with Crippen molar-refractivity contribution in [1.29, 1.82) is 0 Å². The van der Waals surface area contributed by atoms with E-state index >= 15 is 0 Å². The van der Waals surface area contributed by atoms with Gasteiger partial charge in [0.2, 0.25) is 5.91 Å². The lowest BCUT2D eigenvalue weighted by atomic mass is 10.2. The summed E-state index contributed by atoms with van der Waals surface area (Å²) in [7, 11) is 7.36. The number of carbonyl (C=O) groups is 3. The molecule has 2 unspecified atom stereocenters. The Labute approximate surface area is 138 Å². The number of ether oxygens (including phenoxy) is 1. The van der Waals surface area contributed by atoms with Crippen LogP contribution in [-0.4, -0.2) is 68.3 Å². The second-order valence-corrected chi connectivity index (χ2v) is 5.75. The molecule has 0 fully saturated rings. The highest BCUT2D eigenvalue weighted by Crippen LogP contribution is 2.00. The maximum absolute atomic E-state index is 11.8. The second kappa shape index (κ2) is 11.0. The molecule has 0 aromatic rings. The van der Waals surface area contributed by atoms with Crippen LogP contribution in [0.5, 0.6) is 0 Å². The van der Waals surface area contributed by atoms with Gasteiger partial charge in [0.15, 0.2) is 0 Å². The average Bonchev–Trinajstić information content (AvgIpc) is 2.47. The van der Waals surface area contributed by atoms with E-state index in [-0.39, 0.29) is 31.1 Å². The maximum Gasteiger partial charge on any atom is 0.416 e. The zero-order valence-electron chi connectivity index (χ0n) is 15.0. The van der Waals surface area contributed by atoms with Crippen molar-refractivity contribution in [2.75, 3.05) is 28.2 Å². The lowest BCUT2D eigenvalue weighted by Crippen LogP contribution is -2.45. The van der Waals surface area contributed by atoms with Gasteiger partial charge in [0, 0.05) is 6.42 Å². The Hall–Kier alpha value is -1.67. The number of hydrogen-bond acceptors (Lipinski definition) is 6. The van der Waals surface area contributed by atoms with Crippen molar-refractivity contribution in [3.05, 3.63) is 0 Å². The molecule has 0 saturated carbocycles. The number of nitrogens with one attached hydrogen (secondary N) is 2. The van der Waals surface area contributed by atoms with Crippen LogP contribution < -0.4 is 10.6 Å². The Morgan fingerprint density at radius 2 is 1.35 bits per heavy atom. The molecule has 0 rings (SSSR count).